The number of para-hydroxylation sites is 1. The molecule has 0 aromatic heterocycles. The normalized spacial score (nSPS) is 13.9. The first-order chi connectivity index (χ1) is 10.2. The molecule has 1 aromatic carbocycles. The Kier molecular flexibility index (Phi) is 9.01. The van der Waals surface area contributed by atoms with Gasteiger partial charge in [0.25, 0.3) is 0 Å². The second-order valence-corrected chi connectivity index (χ2v) is 4.80. The lowest BCUT2D eigenvalue weighted by Crippen LogP contribution is -2.32. The SMILES string of the molecule is CCOCCOCC(O)CN[C@@H](C)c1ccccc1OC. The molecule has 5 heteroatoms. The zero-order chi connectivity index (χ0) is 15.5. The number of ether oxygens (including phenoxy) is 3. The van der Waals surface area contributed by atoms with Crippen molar-refractivity contribution in [3.8, 4) is 5.75 Å². The Balaban J connectivity index is 2.27. The van der Waals surface area contributed by atoms with Crippen molar-refractivity contribution in [1.82, 2.24) is 5.32 Å². The van der Waals surface area contributed by atoms with Crippen molar-refractivity contribution in [1.29, 1.82) is 0 Å². The van der Waals surface area contributed by atoms with Gasteiger partial charge in [0, 0.05) is 24.8 Å². The summed E-state index contributed by atoms with van der Waals surface area (Å²) in [6.45, 7) is 6.51. The zero-order valence-electron chi connectivity index (χ0n) is 13.2. The summed E-state index contributed by atoms with van der Waals surface area (Å²) in [6.07, 6.45) is -0.538. The van der Waals surface area contributed by atoms with Gasteiger partial charge in [-0.05, 0) is 19.9 Å². The fraction of sp³-hybridized carbons (Fsp3) is 0.625. The Labute approximate surface area is 127 Å². The molecule has 0 radical (unpaired) electrons. The molecular formula is C16H27NO4. The van der Waals surface area contributed by atoms with Crippen LogP contribution in [0.5, 0.6) is 5.75 Å². The largest absolute Gasteiger partial charge is 0.496 e. The summed E-state index contributed by atoms with van der Waals surface area (Å²) in [5.74, 6) is 0.847. The average Bonchev–Trinajstić information content (AvgIpc) is 2.52. The van der Waals surface area contributed by atoms with Gasteiger partial charge in [-0.3, -0.25) is 0 Å². The van der Waals surface area contributed by atoms with Gasteiger partial charge in [-0.2, -0.15) is 0 Å². The monoisotopic (exact) mass is 297 g/mol. The molecule has 1 unspecified atom stereocenters. The van der Waals surface area contributed by atoms with Crippen LogP contribution in [-0.2, 0) is 9.47 Å². The highest BCUT2D eigenvalue weighted by molar-refractivity contribution is 5.35. The molecule has 5 nitrogen and oxygen atoms in total. The first kappa shape index (κ1) is 17.9. The Morgan fingerprint density at radius 1 is 1.19 bits per heavy atom. The van der Waals surface area contributed by atoms with Gasteiger partial charge in [-0.25, -0.2) is 0 Å². The minimum Gasteiger partial charge on any atom is -0.496 e. The Morgan fingerprint density at radius 2 is 1.90 bits per heavy atom. The predicted molar refractivity (Wildman–Crippen MR) is 82.7 cm³/mol. The van der Waals surface area contributed by atoms with Crippen LogP contribution in [0.2, 0.25) is 0 Å². The van der Waals surface area contributed by atoms with E-state index in [-0.39, 0.29) is 6.04 Å². The van der Waals surface area contributed by atoms with Crippen LogP contribution in [0, 0.1) is 0 Å². The van der Waals surface area contributed by atoms with Crippen molar-refractivity contribution in [3.63, 3.8) is 0 Å². The van der Waals surface area contributed by atoms with Crippen LogP contribution >= 0.6 is 0 Å². The standard InChI is InChI=1S/C16H27NO4/c1-4-20-9-10-21-12-14(18)11-17-13(2)15-7-5-6-8-16(15)19-3/h5-8,13-14,17-18H,4,9-12H2,1-3H3/t13-,14?/m0/s1. The molecule has 1 rings (SSSR count). The number of aliphatic hydroxyl groups is 1. The van der Waals surface area contributed by atoms with Crippen molar-refractivity contribution >= 4 is 0 Å². The summed E-state index contributed by atoms with van der Waals surface area (Å²) in [7, 11) is 1.66. The zero-order valence-corrected chi connectivity index (χ0v) is 13.2. The third kappa shape index (κ3) is 6.91. The number of aliphatic hydroxyl groups excluding tert-OH is 1. The number of methoxy groups -OCH3 is 1. The van der Waals surface area contributed by atoms with Crippen LogP contribution in [-0.4, -0.2) is 51.3 Å². The van der Waals surface area contributed by atoms with Gasteiger partial charge in [-0.1, -0.05) is 18.2 Å². The highest BCUT2D eigenvalue weighted by Crippen LogP contribution is 2.24. The van der Waals surface area contributed by atoms with E-state index < -0.39 is 6.10 Å². The van der Waals surface area contributed by atoms with Crippen molar-refractivity contribution in [2.24, 2.45) is 0 Å². The molecule has 21 heavy (non-hydrogen) atoms. The number of hydrogen-bond acceptors (Lipinski definition) is 5. The van der Waals surface area contributed by atoms with Gasteiger partial charge in [-0.15, -0.1) is 0 Å². The minimum absolute atomic E-state index is 0.0965. The van der Waals surface area contributed by atoms with Crippen molar-refractivity contribution in [2.45, 2.75) is 26.0 Å². The van der Waals surface area contributed by atoms with E-state index in [1.54, 1.807) is 7.11 Å². The lowest BCUT2D eigenvalue weighted by atomic mass is 10.1. The molecule has 0 aliphatic carbocycles. The van der Waals surface area contributed by atoms with Crippen LogP contribution < -0.4 is 10.1 Å². The fourth-order valence-electron chi connectivity index (χ4n) is 1.99. The first-order valence-corrected chi connectivity index (χ1v) is 7.38. The molecule has 0 saturated heterocycles. The van der Waals surface area contributed by atoms with E-state index in [9.17, 15) is 5.11 Å². The lowest BCUT2D eigenvalue weighted by Gasteiger charge is -2.19. The van der Waals surface area contributed by atoms with Gasteiger partial charge in [0.15, 0.2) is 0 Å². The molecule has 0 spiro atoms. The maximum absolute atomic E-state index is 9.87. The van der Waals surface area contributed by atoms with Gasteiger partial charge in [0.1, 0.15) is 5.75 Å². The molecule has 2 N–H and O–H groups in total. The third-order valence-electron chi connectivity index (χ3n) is 3.15. The van der Waals surface area contributed by atoms with Crippen LogP contribution in [0.25, 0.3) is 0 Å². The predicted octanol–water partition coefficient (Wildman–Crippen LogP) is 1.76. The van der Waals surface area contributed by atoms with Gasteiger partial charge in [0.05, 0.1) is 33.0 Å². The molecule has 0 bridgehead atoms. The molecule has 2 atom stereocenters. The third-order valence-corrected chi connectivity index (χ3v) is 3.15. The van der Waals surface area contributed by atoms with Gasteiger partial charge in [0.2, 0.25) is 0 Å². The molecular weight excluding hydrogens is 270 g/mol. The quantitative estimate of drug-likeness (QED) is 0.610. The van der Waals surface area contributed by atoms with E-state index in [0.717, 1.165) is 11.3 Å². The minimum atomic E-state index is -0.538. The van der Waals surface area contributed by atoms with Gasteiger partial charge < -0.3 is 24.6 Å². The average molecular weight is 297 g/mol. The van der Waals surface area contributed by atoms with Crippen LogP contribution in [0.4, 0.5) is 0 Å². The van der Waals surface area contributed by atoms with Crippen LogP contribution in [0.15, 0.2) is 24.3 Å². The van der Waals surface area contributed by atoms with E-state index in [1.807, 2.05) is 38.1 Å². The molecule has 0 saturated carbocycles. The molecule has 1 aromatic rings. The molecule has 0 amide bonds. The first-order valence-electron chi connectivity index (χ1n) is 7.38. The lowest BCUT2D eigenvalue weighted by molar-refractivity contribution is 0.00584. The number of nitrogens with one attached hydrogen (secondary N) is 1. The number of rotatable bonds is 11. The fourth-order valence-corrected chi connectivity index (χ4v) is 1.99. The van der Waals surface area contributed by atoms with E-state index in [0.29, 0.717) is 33.0 Å². The second kappa shape index (κ2) is 10.6. The maximum atomic E-state index is 9.87. The summed E-state index contributed by atoms with van der Waals surface area (Å²) in [6, 6.07) is 7.96. The van der Waals surface area contributed by atoms with Crippen LogP contribution in [0.1, 0.15) is 25.5 Å². The summed E-state index contributed by atoms with van der Waals surface area (Å²) >= 11 is 0. The summed E-state index contributed by atoms with van der Waals surface area (Å²) < 4.78 is 15.8. The summed E-state index contributed by atoms with van der Waals surface area (Å²) in [5.41, 5.74) is 1.07. The Bertz CT molecular complexity index is 386. The Hall–Kier alpha value is -1.14. The van der Waals surface area contributed by atoms with E-state index in [4.69, 9.17) is 14.2 Å². The number of benzene rings is 1. The molecule has 0 heterocycles. The second-order valence-electron chi connectivity index (χ2n) is 4.80. The summed E-state index contributed by atoms with van der Waals surface area (Å²) in [4.78, 5) is 0. The van der Waals surface area contributed by atoms with Gasteiger partial charge >= 0.3 is 0 Å². The highest BCUT2D eigenvalue weighted by atomic mass is 16.5. The molecule has 0 aliphatic rings. The summed E-state index contributed by atoms with van der Waals surface area (Å²) in [5, 5.41) is 13.2. The topological polar surface area (TPSA) is 60.0 Å². The smallest absolute Gasteiger partial charge is 0.123 e. The van der Waals surface area contributed by atoms with E-state index >= 15 is 0 Å². The van der Waals surface area contributed by atoms with E-state index in [2.05, 4.69) is 5.32 Å². The van der Waals surface area contributed by atoms with Crippen molar-refractivity contribution < 1.29 is 19.3 Å². The molecule has 0 aliphatic heterocycles. The highest BCUT2D eigenvalue weighted by Gasteiger charge is 2.12. The van der Waals surface area contributed by atoms with Crippen molar-refractivity contribution in [3.05, 3.63) is 29.8 Å². The van der Waals surface area contributed by atoms with Crippen LogP contribution in [0.3, 0.4) is 0 Å². The molecule has 0 fully saturated rings. The van der Waals surface area contributed by atoms with E-state index in [1.165, 1.54) is 0 Å². The number of hydrogen-bond donors (Lipinski definition) is 2. The maximum Gasteiger partial charge on any atom is 0.123 e. The molecule has 120 valence electrons. The Morgan fingerprint density at radius 3 is 2.62 bits per heavy atom. The van der Waals surface area contributed by atoms with Crippen molar-refractivity contribution in [2.75, 3.05) is 40.1 Å².